The van der Waals surface area contributed by atoms with Gasteiger partial charge in [-0.2, -0.15) is 5.26 Å². The molecule has 120 valence electrons. The first kappa shape index (κ1) is 16.0. The van der Waals surface area contributed by atoms with Crippen LogP contribution in [-0.2, 0) is 16.9 Å². The first-order chi connectivity index (χ1) is 11.5. The molecule has 1 saturated heterocycles. The maximum Gasteiger partial charge on any atom is 0.325 e. The van der Waals surface area contributed by atoms with Gasteiger partial charge in [-0.05, 0) is 24.6 Å². The van der Waals surface area contributed by atoms with Crippen LogP contribution in [0.2, 0.25) is 5.02 Å². The monoisotopic (exact) mass is 339 g/mol. The van der Waals surface area contributed by atoms with Crippen molar-refractivity contribution in [2.75, 3.05) is 0 Å². The Kier molecular flexibility index (Phi) is 4.00. The number of nitrogens with zero attached hydrogens (tertiary/aromatic N) is 2. The molecule has 1 heterocycles. The molecule has 1 fully saturated rings. The van der Waals surface area contributed by atoms with Gasteiger partial charge < -0.3 is 5.32 Å². The average Bonchev–Trinajstić information content (AvgIpc) is 2.80. The topological polar surface area (TPSA) is 73.2 Å². The molecule has 1 aliphatic rings. The van der Waals surface area contributed by atoms with Crippen molar-refractivity contribution in [3.63, 3.8) is 0 Å². The van der Waals surface area contributed by atoms with Crippen molar-refractivity contribution >= 4 is 23.5 Å². The zero-order chi connectivity index (χ0) is 17.3. The molecular weight excluding hydrogens is 326 g/mol. The second-order valence-corrected chi connectivity index (χ2v) is 6.10. The molecule has 3 amide bonds. The van der Waals surface area contributed by atoms with Crippen LogP contribution in [0.25, 0.3) is 0 Å². The van der Waals surface area contributed by atoms with Crippen molar-refractivity contribution in [2.24, 2.45) is 0 Å². The Balaban J connectivity index is 1.96. The molecule has 0 radical (unpaired) electrons. The molecule has 1 atom stereocenters. The zero-order valence-electron chi connectivity index (χ0n) is 12.9. The van der Waals surface area contributed by atoms with Crippen LogP contribution >= 0.6 is 11.6 Å². The summed E-state index contributed by atoms with van der Waals surface area (Å²) in [4.78, 5) is 26.4. The number of hydrogen-bond acceptors (Lipinski definition) is 3. The number of rotatable bonds is 3. The summed E-state index contributed by atoms with van der Waals surface area (Å²) < 4.78 is 0. The van der Waals surface area contributed by atoms with E-state index in [1.165, 1.54) is 0 Å². The first-order valence-electron chi connectivity index (χ1n) is 7.34. The fourth-order valence-corrected chi connectivity index (χ4v) is 3.15. The van der Waals surface area contributed by atoms with Crippen LogP contribution in [0.3, 0.4) is 0 Å². The van der Waals surface area contributed by atoms with Gasteiger partial charge in [-0.15, -0.1) is 0 Å². The molecule has 1 N–H and O–H groups in total. The van der Waals surface area contributed by atoms with Gasteiger partial charge in [0.25, 0.3) is 5.91 Å². The van der Waals surface area contributed by atoms with Gasteiger partial charge in [-0.3, -0.25) is 9.69 Å². The largest absolute Gasteiger partial charge is 0.325 e. The summed E-state index contributed by atoms with van der Waals surface area (Å²) >= 11 is 6.20. The summed E-state index contributed by atoms with van der Waals surface area (Å²) in [6.45, 7) is 1.67. The Hall–Kier alpha value is -2.84. The first-order valence-corrected chi connectivity index (χ1v) is 7.72. The molecular formula is C18H14ClN3O2. The van der Waals surface area contributed by atoms with Gasteiger partial charge in [0, 0.05) is 10.6 Å². The molecule has 0 aromatic heterocycles. The summed E-state index contributed by atoms with van der Waals surface area (Å²) in [5, 5.41) is 12.3. The second kappa shape index (κ2) is 5.99. The SMILES string of the molecule is C[C@]1(c2ccccc2Cl)NC(=O)N(Cc2ccccc2C#N)C1=O. The molecule has 0 unspecified atom stereocenters. The second-order valence-electron chi connectivity index (χ2n) is 5.70. The maximum absolute atomic E-state index is 12.9. The fraction of sp³-hybridized carbons (Fsp3) is 0.167. The van der Waals surface area contributed by atoms with E-state index in [2.05, 4.69) is 11.4 Å². The molecule has 6 heteroatoms. The van der Waals surface area contributed by atoms with Gasteiger partial charge in [0.05, 0.1) is 18.2 Å². The van der Waals surface area contributed by atoms with Gasteiger partial charge in [0.1, 0.15) is 5.54 Å². The quantitative estimate of drug-likeness (QED) is 0.873. The summed E-state index contributed by atoms with van der Waals surface area (Å²) in [6, 6.07) is 15.4. The number of imide groups is 1. The molecule has 2 aromatic rings. The van der Waals surface area contributed by atoms with Crippen molar-refractivity contribution in [3.8, 4) is 6.07 Å². The highest BCUT2D eigenvalue weighted by Crippen LogP contribution is 2.34. The van der Waals surface area contributed by atoms with Crippen LogP contribution in [-0.4, -0.2) is 16.8 Å². The van der Waals surface area contributed by atoms with Crippen molar-refractivity contribution in [2.45, 2.75) is 19.0 Å². The number of hydrogen-bond donors (Lipinski definition) is 1. The maximum atomic E-state index is 12.9. The standard InChI is InChI=1S/C18H14ClN3O2/c1-18(14-8-4-5-9-15(14)19)16(23)22(17(24)21-18)11-13-7-3-2-6-12(13)10-20/h2-9H,11H2,1H3,(H,21,24)/t18-/m1/s1. The Morgan fingerprint density at radius 3 is 2.54 bits per heavy atom. The third-order valence-corrected chi connectivity index (χ3v) is 4.48. The summed E-state index contributed by atoms with van der Waals surface area (Å²) in [5.74, 6) is -0.395. The summed E-state index contributed by atoms with van der Waals surface area (Å²) in [7, 11) is 0. The molecule has 3 rings (SSSR count). The van der Waals surface area contributed by atoms with Crippen LogP contribution in [0.5, 0.6) is 0 Å². The van der Waals surface area contributed by atoms with Crippen LogP contribution in [0, 0.1) is 11.3 Å². The Labute approximate surface area is 144 Å². The van der Waals surface area contributed by atoms with Crippen molar-refractivity contribution in [3.05, 3.63) is 70.2 Å². The number of urea groups is 1. The van der Waals surface area contributed by atoms with E-state index in [1.54, 1.807) is 55.5 Å². The lowest BCUT2D eigenvalue weighted by Gasteiger charge is -2.23. The number of halogens is 1. The number of carbonyl (C=O) groups is 2. The van der Waals surface area contributed by atoms with E-state index in [4.69, 9.17) is 16.9 Å². The van der Waals surface area contributed by atoms with Crippen LogP contribution in [0.1, 0.15) is 23.6 Å². The van der Waals surface area contributed by atoms with E-state index < -0.39 is 17.5 Å². The zero-order valence-corrected chi connectivity index (χ0v) is 13.7. The fourth-order valence-electron chi connectivity index (χ4n) is 2.83. The van der Waals surface area contributed by atoms with E-state index in [9.17, 15) is 9.59 Å². The normalized spacial score (nSPS) is 20.0. The molecule has 0 aliphatic carbocycles. The molecule has 5 nitrogen and oxygen atoms in total. The lowest BCUT2D eigenvalue weighted by atomic mass is 9.92. The molecule has 0 bridgehead atoms. The minimum Gasteiger partial charge on any atom is -0.319 e. The molecule has 0 spiro atoms. The predicted octanol–water partition coefficient (Wildman–Crippen LogP) is 3.18. The van der Waals surface area contributed by atoms with E-state index in [1.807, 2.05) is 0 Å². The highest BCUT2D eigenvalue weighted by atomic mass is 35.5. The lowest BCUT2D eigenvalue weighted by Crippen LogP contribution is -2.41. The Morgan fingerprint density at radius 1 is 1.17 bits per heavy atom. The molecule has 24 heavy (non-hydrogen) atoms. The highest BCUT2D eigenvalue weighted by molar-refractivity contribution is 6.32. The highest BCUT2D eigenvalue weighted by Gasteiger charge is 2.49. The third-order valence-electron chi connectivity index (χ3n) is 4.15. The lowest BCUT2D eigenvalue weighted by molar-refractivity contribution is -0.131. The van der Waals surface area contributed by atoms with Crippen molar-refractivity contribution in [1.29, 1.82) is 5.26 Å². The van der Waals surface area contributed by atoms with Crippen LogP contribution in [0.15, 0.2) is 48.5 Å². The van der Waals surface area contributed by atoms with Crippen LogP contribution < -0.4 is 5.32 Å². The predicted molar refractivity (Wildman–Crippen MR) is 89.0 cm³/mol. The minimum absolute atomic E-state index is 0.0362. The number of nitriles is 1. The molecule has 2 aromatic carbocycles. The smallest absolute Gasteiger partial charge is 0.319 e. The van der Waals surface area contributed by atoms with E-state index in [-0.39, 0.29) is 6.54 Å². The average molecular weight is 340 g/mol. The Morgan fingerprint density at radius 2 is 1.83 bits per heavy atom. The molecule has 0 saturated carbocycles. The number of carbonyl (C=O) groups excluding carboxylic acids is 2. The minimum atomic E-state index is -1.23. The van der Waals surface area contributed by atoms with Gasteiger partial charge in [-0.25, -0.2) is 4.79 Å². The van der Waals surface area contributed by atoms with Gasteiger partial charge in [0.2, 0.25) is 0 Å². The van der Waals surface area contributed by atoms with E-state index >= 15 is 0 Å². The van der Waals surface area contributed by atoms with Crippen molar-refractivity contribution < 1.29 is 9.59 Å². The Bertz CT molecular complexity index is 875. The van der Waals surface area contributed by atoms with E-state index in [0.717, 1.165) is 4.90 Å². The third kappa shape index (κ3) is 2.51. The van der Waals surface area contributed by atoms with Gasteiger partial charge in [-0.1, -0.05) is 48.0 Å². The summed E-state index contributed by atoms with van der Waals surface area (Å²) in [6.07, 6.45) is 0. The molecule has 1 aliphatic heterocycles. The van der Waals surface area contributed by atoms with Gasteiger partial charge in [0.15, 0.2) is 0 Å². The van der Waals surface area contributed by atoms with Crippen LogP contribution in [0.4, 0.5) is 4.79 Å². The number of benzene rings is 2. The number of nitrogens with one attached hydrogen (secondary N) is 1. The summed E-state index contributed by atoms with van der Waals surface area (Å²) in [5.41, 5.74) is 0.370. The van der Waals surface area contributed by atoms with Gasteiger partial charge >= 0.3 is 6.03 Å². The number of amides is 3. The van der Waals surface area contributed by atoms with E-state index in [0.29, 0.717) is 21.7 Å². The van der Waals surface area contributed by atoms with Crippen molar-refractivity contribution in [1.82, 2.24) is 10.2 Å².